The van der Waals surface area contributed by atoms with E-state index in [9.17, 15) is 0 Å². The summed E-state index contributed by atoms with van der Waals surface area (Å²) in [6, 6.07) is 0. The zero-order valence-electron chi connectivity index (χ0n) is 18.3. The molecule has 0 atom stereocenters. The summed E-state index contributed by atoms with van der Waals surface area (Å²) in [5, 5.41) is 3.86. The fraction of sp³-hybridized carbons (Fsp3) is 1.00. The van der Waals surface area contributed by atoms with Crippen molar-refractivity contribution in [3.8, 4) is 0 Å². The van der Waals surface area contributed by atoms with Gasteiger partial charge in [0.1, 0.15) is 0 Å². The minimum Gasteiger partial charge on any atom is -0.381 e. The van der Waals surface area contributed by atoms with E-state index in [-0.39, 0.29) is 0 Å². The fourth-order valence-electron chi connectivity index (χ4n) is 6.81. The van der Waals surface area contributed by atoms with Crippen molar-refractivity contribution in [2.24, 2.45) is 23.7 Å². The third-order valence-corrected chi connectivity index (χ3v) is 7.89. The van der Waals surface area contributed by atoms with Crippen LogP contribution in [0.2, 0.25) is 0 Å². The van der Waals surface area contributed by atoms with Crippen LogP contribution in [0.3, 0.4) is 0 Å². The maximum absolute atomic E-state index is 5.53. The SMILES string of the molecule is COC1CCC(CCC2CCC(C3CC(C)(C)NC(C)(C)C3)CC2)CC1. The molecule has 2 saturated carbocycles. The van der Waals surface area contributed by atoms with Gasteiger partial charge in [0, 0.05) is 18.2 Å². The van der Waals surface area contributed by atoms with Gasteiger partial charge in [-0.3, -0.25) is 0 Å². The van der Waals surface area contributed by atoms with Crippen LogP contribution in [0.25, 0.3) is 0 Å². The molecule has 3 fully saturated rings. The number of hydrogen-bond donors (Lipinski definition) is 1. The van der Waals surface area contributed by atoms with Gasteiger partial charge in [0.15, 0.2) is 0 Å². The highest BCUT2D eigenvalue weighted by Gasteiger charge is 2.41. The van der Waals surface area contributed by atoms with Crippen molar-refractivity contribution in [2.45, 2.75) is 122 Å². The molecule has 152 valence electrons. The zero-order chi connectivity index (χ0) is 18.8. The predicted molar refractivity (Wildman–Crippen MR) is 111 cm³/mol. The van der Waals surface area contributed by atoms with E-state index < -0.39 is 0 Å². The van der Waals surface area contributed by atoms with Crippen LogP contribution in [0.1, 0.15) is 105 Å². The summed E-state index contributed by atoms with van der Waals surface area (Å²) in [4.78, 5) is 0. The lowest BCUT2D eigenvalue weighted by molar-refractivity contribution is 0.0522. The fourth-order valence-corrected chi connectivity index (χ4v) is 6.81. The van der Waals surface area contributed by atoms with Crippen LogP contribution in [0.5, 0.6) is 0 Å². The zero-order valence-corrected chi connectivity index (χ0v) is 18.3. The molecular weight excluding hydrogens is 318 g/mol. The van der Waals surface area contributed by atoms with Gasteiger partial charge in [-0.2, -0.15) is 0 Å². The number of rotatable bonds is 5. The van der Waals surface area contributed by atoms with Gasteiger partial charge < -0.3 is 10.1 Å². The Bertz CT molecular complexity index is 411. The molecule has 0 bridgehead atoms. The molecule has 0 spiro atoms. The lowest BCUT2D eigenvalue weighted by atomic mass is 9.65. The second-order valence-corrected chi connectivity index (χ2v) is 11.3. The Hall–Kier alpha value is -0.0800. The second kappa shape index (κ2) is 8.52. The Balaban J connectivity index is 1.39. The van der Waals surface area contributed by atoms with Crippen molar-refractivity contribution in [3.05, 3.63) is 0 Å². The standard InChI is InChI=1S/C24H45NO/c1-23(2)16-21(17-24(3,4)25-23)20-12-8-18(9-13-20)6-7-19-10-14-22(26-5)15-11-19/h18-22,25H,6-17H2,1-5H3. The number of methoxy groups -OCH3 is 1. The number of hydrogen-bond acceptors (Lipinski definition) is 2. The van der Waals surface area contributed by atoms with Crippen molar-refractivity contribution in [3.63, 3.8) is 0 Å². The Morgan fingerprint density at radius 1 is 0.692 bits per heavy atom. The van der Waals surface area contributed by atoms with Crippen LogP contribution in [0, 0.1) is 23.7 Å². The Morgan fingerprint density at radius 3 is 1.62 bits per heavy atom. The van der Waals surface area contributed by atoms with E-state index in [4.69, 9.17) is 4.74 Å². The van der Waals surface area contributed by atoms with Crippen molar-refractivity contribution in [2.75, 3.05) is 7.11 Å². The van der Waals surface area contributed by atoms with E-state index >= 15 is 0 Å². The van der Waals surface area contributed by atoms with Gasteiger partial charge in [0.05, 0.1) is 6.10 Å². The van der Waals surface area contributed by atoms with Crippen LogP contribution in [-0.4, -0.2) is 24.3 Å². The Kier molecular flexibility index (Phi) is 6.76. The molecular formula is C24H45NO. The summed E-state index contributed by atoms with van der Waals surface area (Å²) in [7, 11) is 1.88. The van der Waals surface area contributed by atoms with Crippen molar-refractivity contribution >= 4 is 0 Å². The van der Waals surface area contributed by atoms with E-state index in [0.29, 0.717) is 17.2 Å². The molecule has 2 aliphatic carbocycles. The van der Waals surface area contributed by atoms with E-state index in [1.54, 1.807) is 0 Å². The number of nitrogens with one attached hydrogen (secondary N) is 1. The Labute approximate surface area is 163 Å². The summed E-state index contributed by atoms with van der Waals surface area (Å²) in [5.74, 6) is 3.94. The molecule has 0 amide bonds. The van der Waals surface area contributed by atoms with Crippen LogP contribution in [0.15, 0.2) is 0 Å². The van der Waals surface area contributed by atoms with Gasteiger partial charge in [-0.25, -0.2) is 0 Å². The summed E-state index contributed by atoms with van der Waals surface area (Å²) >= 11 is 0. The van der Waals surface area contributed by atoms with Crippen molar-refractivity contribution in [1.29, 1.82) is 0 Å². The third-order valence-electron chi connectivity index (χ3n) is 7.89. The van der Waals surface area contributed by atoms with Crippen molar-refractivity contribution < 1.29 is 4.74 Å². The van der Waals surface area contributed by atoms with Crippen LogP contribution < -0.4 is 5.32 Å². The highest BCUT2D eigenvalue weighted by atomic mass is 16.5. The van der Waals surface area contributed by atoms with Gasteiger partial charge in [-0.1, -0.05) is 25.7 Å². The average Bonchev–Trinajstić information content (AvgIpc) is 2.58. The molecule has 0 unspecified atom stereocenters. The number of ether oxygens (including phenoxy) is 1. The van der Waals surface area contributed by atoms with E-state index in [2.05, 4.69) is 33.0 Å². The van der Waals surface area contributed by atoms with Gasteiger partial charge in [-0.05, 0) is 103 Å². The molecule has 3 rings (SSSR count). The third kappa shape index (κ3) is 5.71. The van der Waals surface area contributed by atoms with Gasteiger partial charge in [0.25, 0.3) is 0 Å². The smallest absolute Gasteiger partial charge is 0.0571 e. The maximum atomic E-state index is 5.53. The van der Waals surface area contributed by atoms with Gasteiger partial charge in [0.2, 0.25) is 0 Å². The quantitative estimate of drug-likeness (QED) is 0.616. The lowest BCUT2D eigenvalue weighted by Gasteiger charge is -2.49. The molecule has 3 aliphatic rings. The van der Waals surface area contributed by atoms with E-state index in [1.807, 2.05) is 7.11 Å². The molecule has 1 N–H and O–H groups in total. The van der Waals surface area contributed by atoms with Crippen LogP contribution in [-0.2, 0) is 4.74 Å². The first-order valence-corrected chi connectivity index (χ1v) is 11.6. The maximum Gasteiger partial charge on any atom is 0.0571 e. The Morgan fingerprint density at radius 2 is 1.15 bits per heavy atom. The van der Waals surface area contributed by atoms with Crippen LogP contribution in [0.4, 0.5) is 0 Å². The minimum absolute atomic E-state index is 0.310. The molecule has 0 aromatic rings. The monoisotopic (exact) mass is 363 g/mol. The average molecular weight is 364 g/mol. The normalized spacial score (nSPS) is 38.2. The minimum atomic E-state index is 0.310. The van der Waals surface area contributed by atoms with Gasteiger partial charge in [-0.15, -0.1) is 0 Å². The first-order chi connectivity index (χ1) is 12.3. The summed E-state index contributed by atoms with van der Waals surface area (Å²) in [5.41, 5.74) is 0.620. The number of piperidine rings is 1. The predicted octanol–water partition coefficient (Wildman–Crippen LogP) is 6.34. The molecule has 0 aromatic carbocycles. The van der Waals surface area contributed by atoms with E-state index in [0.717, 1.165) is 23.7 Å². The molecule has 1 heterocycles. The second-order valence-electron chi connectivity index (χ2n) is 11.3. The van der Waals surface area contributed by atoms with E-state index in [1.165, 1.54) is 77.0 Å². The lowest BCUT2D eigenvalue weighted by Crippen LogP contribution is -2.58. The summed E-state index contributed by atoms with van der Waals surface area (Å²) < 4.78 is 5.53. The molecule has 1 saturated heterocycles. The molecule has 26 heavy (non-hydrogen) atoms. The first kappa shape index (κ1) is 20.6. The summed E-state index contributed by atoms with van der Waals surface area (Å²) in [6.45, 7) is 9.63. The first-order valence-electron chi connectivity index (χ1n) is 11.6. The highest BCUT2D eigenvalue weighted by Crippen LogP contribution is 2.44. The van der Waals surface area contributed by atoms with Crippen LogP contribution >= 0.6 is 0 Å². The molecule has 2 heteroatoms. The largest absolute Gasteiger partial charge is 0.381 e. The van der Waals surface area contributed by atoms with Crippen molar-refractivity contribution in [1.82, 2.24) is 5.32 Å². The molecule has 0 radical (unpaired) electrons. The topological polar surface area (TPSA) is 21.3 Å². The molecule has 2 nitrogen and oxygen atoms in total. The molecule has 1 aliphatic heterocycles. The molecule has 0 aromatic heterocycles. The highest BCUT2D eigenvalue weighted by molar-refractivity contribution is 4.99. The summed E-state index contributed by atoms with van der Waals surface area (Å²) in [6.07, 6.45) is 17.7. The van der Waals surface area contributed by atoms with Gasteiger partial charge >= 0.3 is 0 Å².